The Labute approximate surface area is 159 Å². The maximum Gasteiger partial charge on any atom is 0.500 e. The van der Waals surface area contributed by atoms with Crippen LogP contribution >= 0.6 is 11.8 Å². The van der Waals surface area contributed by atoms with Crippen LogP contribution in [0.2, 0.25) is 6.04 Å². The molecule has 0 aromatic heterocycles. The van der Waals surface area contributed by atoms with Gasteiger partial charge in [-0.3, -0.25) is 4.79 Å². The fourth-order valence-electron chi connectivity index (χ4n) is 2.21. The van der Waals surface area contributed by atoms with Crippen LogP contribution in [0.25, 0.3) is 0 Å². The van der Waals surface area contributed by atoms with Gasteiger partial charge in [-0.05, 0) is 18.6 Å². The molecule has 0 aliphatic carbocycles. The van der Waals surface area contributed by atoms with Gasteiger partial charge in [0.1, 0.15) is 0 Å². The van der Waals surface area contributed by atoms with Crippen LogP contribution < -0.4 is 0 Å². The van der Waals surface area contributed by atoms with E-state index in [4.69, 9.17) is 18.0 Å². The van der Waals surface area contributed by atoms with E-state index < -0.39 is 14.8 Å². The molecule has 26 heavy (non-hydrogen) atoms. The van der Waals surface area contributed by atoms with Gasteiger partial charge in [-0.1, -0.05) is 19.1 Å². The standard InChI is InChI=1S/C17H26O7SSi/c1-13(12-25-15-9-6-5-8-14(15)16(18)19)17(20)24-10-7-11-26(21-2,22-3)23-4/h5-6,8-9,13H,7,10-12H2,1-4H3,(H,18,19). The molecular weight excluding hydrogens is 376 g/mol. The molecule has 0 saturated carbocycles. The fourth-order valence-corrected chi connectivity index (χ4v) is 4.95. The van der Waals surface area contributed by atoms with E-state index in [0.29, 0.717) is 23.1 Å². The zero-order chi connectivity index (χ0) is 19.6. The molecule has 146 valence electrons. The highest BCUT2D eigenvalue weighted by Crippen LogP contribution is 2.25. The highest BCUT2D eigenvalue weighted by molar-refractivity contribution is 7.99. The minimum atomic E-state index is -2.64. The minimum Gasteiger partial charge on any atom is -0.478 e. The first-order valence-electron chi connectivity index (χ1n) is 8.16. The molecule has 1 unspecified atom stereocenters. The maximum atomic E-state index is 12.1. The SMILES string of the molecule is CO[Si](CCCOC(=O)C(C)CSc1ccccc1C(=O)O)(OC)OC. The van der Waals surface area contributed by atoms with Crippen molar-refractivity contribution in [3.63, 3.8) is 0 Å². The molecule has 0 amide bonds. The van der Waals surface area contributed by atoms with Gasteiger partial charge in [-0.15, -0.1) is 11.8 Å². The molecule has 7 nitrogen and oxygen atoms in total. The molecule has 0 radical (unpaired) electrons. The van der Waals surface area contributed by atoms with Gasteiger partial charge in [-0.25, -0.2) is 4.79 Å². The molecule has 0 aliphatic rings. The lowest BCUT2D eigenvalue weighted by atomic mass is 10.2. The van der Waals surface area contributed by atoms with Gasteiger partial charge in [0.25, 0.3) is 0 Å². The number of esters is 1. The third kappa shape index (κ3) is 6.73. The van der Waals surface area contributed by atoms with Gasteiger partial charge in [0, 0.05) is 38.0 Å². The quantitative estimate of drug-likeness (QED) is 0.247. The van der Waals surface area contributed by atoms with Crippen molar-refractivity contribution in [2.24, 2.45) is 5.92 Å². The molecule has 9 heteroatoms. The summed E-state index contributed by atoms with van der Waals surface area (Å²) < 4.78 is 21.2. The van der Waals surface area contributed by atoms with E-state index in [-0.39, 0.29) is 24.1 Å². The highest BCUT2D eigenvalue weighted by Gasteiger charge is 2.37. The molecule has 1 N–H and O–H groups in total. The lowest BCUT2D eigenvalue weighted by Crippen LogP contribution is -2.42. The summed E-state index contributed by atoms with van der Waals surface area (Å²) in [5.74, 6) is -1.21. The number of ether oxygens (including phenoxy) is 1. The molecule has 0 fully saturated rings. The molecule has 0 saturated heterocycles. The van der Waals surface area contributed by atoms with Gasteiger partial charge in [0.05, 0.1) is 18.1 Å². The van der Waals surface area contributed by atoms with Gasteiger partial charge >= 0.3 is 20.7 Å². The molecule has 0 bridgehead atoms. The second-order valence-electron chi connectivity index (χ2n) is 5.58. The minimum absolute atomic E-state index is 0.234. The summed E-state index contributed by atoms with van der Waals surface area (Å²) >= 11 is 1.33. The van der Waals surface area contributed by atoms with E-state index in [1.807, 2.05) is 0 Å². The van der Waals surface area contributed by atoms with Crippen LogP contribution in [-0.4, -0.2) is 59.5 Å². The number of carbonyl (C=O) groups is 2. The van der Waals surface area contributed by atoms with Crippen LogP contribution in [-0.2, 0) is 22.8 Å². The van der Waals surface area contributed by atoms with Crippen LogP contribution in [0.3, 0.4) is 0 Å². The predicted molar refractivity (Wildman–Crippen MR) is 100 cm³/mol. The number of benzene rings is 1. The van der Waals surface area contributed by atoms with E-state index in [9.17, 15) is 14.7 Å². The molecule has 1 atom stereocenters. The third-order valence-electron chi connectivity index (χ3n) is 3.81. The van der Waals surface area contributed by atoms with E-state index in [1.165, 1.54) is 11.8 Å². The Morgan fingerprint density at radius 1 is 1.15 bits per heavy atom. The number of carbonyl (C=O) groups excluding carboxylic acids is 1. The van der Waals surface area contributed by atoms with Gasteiger partial charge < -0.3 is 23.1 Å². The number of aromatic carboxylic acids is 1. The Bertz CT molecular complexity index is 584. The Morgan fingerprint density at radius 2 is 1.77 bits per heavy atom. The Morgan fingerprint density at radius 3 is 2.35 bits per heavy atom. The summed E-state index contributed by atoms with van der Waals surface area (Å²) in [6, 6.07) is 7.28. The summed E-state index contributed by atoms with van der Waals surface area (Å²) in [7, 11) is 1.98. The van der Waals surface area contributed by atoms with Gasteiger partial charge in [0.15, 0.2) is 0 Å². The summed E-state index contributed by atoms with van der Waals surface area (Å²) in [6.45, 7) is 2.02. The molecular formula is C17H26O7SSi. The first-order chi connectivity index (χ1) is 12.4. The van der Waals surface area contributed by atoms with Crippen LogP contribution in [0.5, 0.6) is 0 Å². The van der Waals surface area contributed by atoms with Crippen LogP contribution in [0.1, 0.15) is 23.7 Å². The van der Waals surface area contributed by atoms with E-state index in [2.05, 4.69) is 0 Å². The van der Waals surface area contributed by atoms with Gasteiger partial charge in [0.2, 0.25) is 0 Å². The van der Waals surface area contributed by atoms with E-state index in [1.54, 1.807) is 52.5 Å². The molecule has 1 aromatic carbocycles. The first kappa shape index (κ1) is 22.6. The molecule has 0 aliphatic heterocycles. The lowest BCUT2D eigenvalue weighted by molar-refractivity contribution is -0.147. The monoisotopic (exact) mass is 402 g/mol. The summed E-state index contributed by atoms with van der Waals surface area (Å²) in [4.78, 5) is 23.9. The van der Waals surface area contributed by atoms with Crippen molar-refractivity contribution < 1.29 is 32.7 Å². The topological polar surface area (TPSA) is 91.3 Å². The Hall–Kier alpha value is -1.39. The smallest absolute Gasteiger partial charge is 0.478 e. The molecule has 0 heterocycles. The van der Waals surface area contributed by atoms with Crippen LogP contribution in [0.4, 0.5) is 0 Å². The second kappa shape index (κ2) is 11.3. The summed E-state index contributed by atoms with van der Waals surface area (Å²) in [5, 5.41) is 9.18. The van der Waals surface area contributed by atoms with Crippen LogP contribution in [0, 0.1) is 5.92 Å². The van der Waals surface area contributed by atoms with Crippen molar-refractivity contribution in [1.82, 2.24) is 0 Å². The highest BCUT2D eigenvalue weighted by atomic mass is 32.2. The third-order valence-corrected chi connectivity index (χ3v) is 7.98. The van der Waals surface area contributed by atoms with E-state index >= 15 is 0 Å². The average molecular weight is 403 g/mol. The van der Waals surface area contributed by atoms with Crippen LogP contribution in [0.15, 0.2) is 29.2 Å². The molecule has 1 aromatic rings. The Balaban J connectivity index is 2.41. The second-order valence-corrected chi connectivity index (χ2v) is 9.73. The number of rotatable bonds is 12. The van der Waals surface area contributed by atoms with Crippen molar-refractivity contribution in [3.05, 3.63) is 29.8 Å². The number of hydrogen-bond donors (Lipinski definition) is 1. The zero-order valence-electron chi connectivity index (χ0n) is 15.5. The number of hydrogen-bond acceptors (Lipinski definition) is 7. The fraction of sp³-hybridized carbons (Fsp3) is 0.529. The number of carboxylic acids is 1. The van der Waals surface area contributed by atoms with Crippen molar-refractivity contribution >= 4 is 32.5 Å². The van der Waals surface area contributed by atoms with Crippen molar-refractivity contribution in [2.75, 3.05) is 33.7 Å². The first-order valence-corrected chi connectivity index (χ1v) is 11.1. The Kier molecular flexibility index (Phi) is 9.88. The number of carboxylic acid groups (broad SMARTS) is 1. The molecule has 0 spiro atoms. The van der Waals surface area contributed by atoms with Crippen molar-refractivity contribution in [3.8, 4) is 0 Å². The molecule has 1 rings (SSSR count). The largest absolute Gasteiger partial charge is 0.500 e. The maximum absolute atomic E-state index is 12.1. The van der Waals surface area contributed by atoms with E-state index in [0.717, 1.165) is 0 Å². The zero-order valence-corrected chi connectivity index (χ0v) is 17.3. The summed E-state index contributed by atoms with van der Waals surface area (Å²) in [6.07, 6.45) is 0.579. The normalized spacial score (nSPS) is 12.6. The van der Waals surface area contributed by atoms with Crippen molar-refractivity contribution in [1.29, 1.82) is 0 Å². The predicted octanol–water partition coefficient (Wildman–Crippen LogP) is 2.92. The summed E-state index contributed by atoms with van der Waals surface area (Å²) in [5.41, 5.74) is 0.234. The number of thioether (sulfide) groups is 1. The lowest BCUT2D eigenvalue weighted by Gasteiger charge is -2.24. The average Bonchev–Trinajstić information content (AvgIpc) is 2.66. The van der Waals surface area contributed by atoms with Gasteiger partial charge in [-0.2, -0.15) is 0 Å². The van der Waals surface area contributed by atoms with Crippen molar-refractivity contribution in [2.45, 2.75) is 24.3 Å².